The van der Waals surface area contributed by atoms with Gasteiger partial charge in [-0.25, -0.2) is 0 Å². The second-order valence-corrected chi connectivity index (χ2v) is 3.80. The van der Waals surface area contributed by atoms with E-state index >= 15 is 0 Å². The molecule has 1 rings (SSSR count). The van der Waals surface area contributed by atoms with Crippen molar-refractivity contribution >= 4 is 0 Å². The molecule has 0 spiro atoms. The van der Waals surface area contributed by atoms with Crippen molar-refractivity contribution in [2.45, 2.75) is 33.1 Å². The van der Waals surface area contributed by atoms with E-state index in [9.17, 15) is 0 Å². The van der Waals surface area contributed by atoms with E-state index in [1.165, 1.54) is 11.1 Å². The van der Waals surface area contributed by atoms with E-state index in [1.807, 2.05) is 6.92 Å². The topological polar surface area (TPSA) is 9.23 Å². The normalized spacial score (nSPS) is 12.8. The summed E-state index contributed by atoms with van der Waals surface area (Å²) < 4.78 is 5.35. The molecule has 0 radical (unpaired) electrons. The van der Waals surface area contributed by atoms with Crippen LogP contribution >= 0.6 is 0 Å². The van der Waals surface area contributed by atoms with E-state index in [0.29, 0.717) is 5.92 Å². The van der Waals surface area contributed by atoms with Crippen molar-refractivity contribution in [1.82, 2.24) is 0 Å². The third-order valence-corrected chi connectivity index (χ3v) is 2.55. The molecule has 0 aliphatic heterocycles. The van der Waals surface area contributed by atoms with Crippen LogP contribution in [-0.4, -0.2) is 13.2 Å². The monoisotopic (exact) mass is 192 g/mol. The first kappa shape index (κ1) is 11.3. The summed E-state index contributed by atoms with van der Waals surface area (Å²) in [7, 11) is 0. The lowest BCUT2D eigenvalue weighted by molar-refractivity contribution is 0.141. The van der Waals surface area contributed by atoms with Gasteiger partial charge in [0.2, 0.25) is 0 Å². The molecule has 0 aromatic heterocycles. The highest BCUT2D eigenvalue weighted by Crippen LogP contribution is 2.19. The van der Waals surface area contributed by atoms with E-state index in [-0.39, 0.29) is 0 Å². The van der Waals surface area contributed by atoms with Crippen LogP contribution in [-0.2, 0) is 4.74 Å². The maximum Gasteiger partial charge on any atom is 0.0471 e. The molecule has 78 valence electrons. The molecule has 14 heavy (non-hydrogen) atoms. The fourth-order valence-corrected chi connectivity index (χ4v) is 1.47. The molecule has 0 N–H and O–H groups in total. The average molecular weight is 192 g/mol. The van der Waals surface area contributed by atoms with Crippen LogP contribution in [0.2, 0.25) is 0 Å². The Labute approximate surface area is 87.1 Å². The van der Waals surface area contributed by atoms with Crippen LogP contribution in [0, 0.1) is 6.92 Å². The summed E-state index contributed by atoms with van der Waals surface area (Å²) in [6.45, 7) is 8.10. The quantitative estimate of drug-likeness (QED) is 0.648. The Morgan fingerprint density at radius 1 is 1.21 bits per heavy atom. The molecule has 1 nitrogen and oxygen atoms in total. The van der Waals surface area contributed by atoms with Crippen LogP contribution in [0.15, 0.2) is 24.3 Å². The maximum absolute atomic E-state index is 5.35. The molecule has 0 heterocycles. The summed E-state index contributed by atoms with van der Waals surface area (Å²) in [5.74, 6) is 0.599. The molecule has 1 heteroatoms. The Kier molecular flexibility index (Phi) is 4.68. The van der Waals surface area contributed by atoms with Crippen molar-refractivity contribution in [1.29, 1.82) is 0 Å². The van der Waals surface area contributed by atoms with Gasteiger partial charge in [0.1, 0.15) is 0 Å². The van der Waals surface area contributed by atoms with Crippen molar-refractivity contribution in [2.75, 3.05) is 13.2 Å². The minimum Gasteiger partial charge on any atom is -0.382 e. The Hall–Kier alpha value is -0.820. The van der Waals surface area contributed by atoms with Crippen LogP contribution in [0.3, 0.4) is 0 Å². The minimum absolute atomic E-state index is 0.599. The van der Waals surface area contributed by atoms with E-state index in [0.717, 1.165) is 19.6 Å². The second-order valence-electron chi connectivity index (χ2n) is 3.80. The Morgan fingerprint density at radius 3 is 2.43 bits per heavy atom. The molecule has 0 aliphatic rings. The summed E-state index contributed by atoms with van der Waals surface area (Å²) in [6.07, 6.45) is 1.11. The van der Waals surface area contributed by atoms with Crippen LogP contribution in [0.4, 0.5) is 0 Å². The van der Waals surface area contributed by atoms with Gasteiger partial charge < -0.3 is 4.74 Å². The van der Waals surface area contributed by atoms with Crippen molar-refractivity contribution in [2.24, 2.45) is 0 Å². The van der Waals surface area contributed by atoms with E-state index in [4.69, 9.17) is 4.74 Å². The maximum atomic E-state index is 5.35. The predicted molar refractivity (Wildman–Crippen MR) is 60.7 cm³/mol. The first-order chi connectivity index (χ1) is 6.74. The molecule has 0 saturated carbocycles. The van der Waals surface area contributed by atoms with Gasteiger partial charge in [0.25, 0.3) is 0 Å². The summed E-state index contributed by atoms with van der Waals surface area (Å²) >= 11 is 0. The van der Waals surface area contributed by atoms with Crippen molar-refractivity contribution < 1.29 is 4.74 Å². The third kappa shape index (κ3) is 3.51. The second kappa shape index (κ2) is 5.82. The number of benzene rings is 1. The van der Waals surface area contributed by atoms with Crippen LogP contribution < -0.4 is 0 Å². The lowest BCUT2D eigenvalue weighted by atomic mass is 9.97. The van der Waals surface area contributed by atoms with Crippen LogP contribution in [0.1, 0.15) is 37.3 Å². The number of hydrogen-bond acceptors (Lipinski definition) is 1. The molecule has 0 aliphatic carbocycles. The molecule has 0 saturated heterocycles. The van der Waals surface area contributed by atoms with E-state index in [2.05, 4.69) is 38.1 Å². The number of ether oxygens (including phenoxy) is 1. The summed E-state index contributed by atoms with van der Waals surface area (Å²) in [6, 6.07) is 8.77. The molecule has 0 fully saturated rings. The Bertz CT molecular complexity index is 250. The largest absolute Gasteiger partial charge is 0.382 e. The van der Waals surface area contributed by atoms with Gasteiger partial charge in [-0.2, -0.15) is 0 Å². The highest BCUT2D eigenvalue weighted by Gasteiger charge is 2.04. The van der Waals surface area contributed by atoms with Crippen molar-refractivity contribution in [3.63, 3.8) is 0 Å². The Morgan fingerprint density at radius 2 is 1.86 bits per heavy atom. The van der Waals surface area contributed by atoms with Gasteiger partial charge in [-0.3, -0.25) is 0 Å². The van der Waals surface area contributed by atoms with Crippen molar-refractivity contribution in [3.05, 3.63) is 35.4 Å². The molecule has 1 unspecified atom stereocenters. The molecular weight excluding hydrogens is 172 g/mol. The Balaban J connectivity index is 2.43. The fourth-order valence-electron chi connectivity index (χ4n) is 1.47. The molecule has 1 aromatic rings. The van der Waals surface area contributed by atoms with Gasteiger partial charge >= 0.3 is 0 Å². The SMILES string of the molecule is CCOCCC(C)c1ccc(C)cc1. The lowest BCUT2D eigenvalue weighted by Gasteiger charge is -2.11. The average Bonchev–Trinajstić information content (AvgIpc) is 2.19. The van der Waals surface area contributed by atoms with Gasteiger partial charge in [-0.05, 0) is 31.7 Å². The standard InChI is InChI=1S/C13H20O/c1-4-14-10-9-12(3)13-7-5-11(2)6-8-13/h5-8,12H,4,9-10H2,1-3H3. The van der Waals surface area contributed by atoms with Gasteiger partial charge in [-0.1, -0.05) is 36.8 Å². The smallest absolute Gasteiger partial charge is 0.0471 e. The highest BCUT2D eigenvalue weighted by atomic mass is 16.5. The minimum atomic E-state index is 0.599. The number of aryl methyl sites for hydroxylation is 1. The third-order valence-electron chi connectivity index (χ3n) is 2.55. The van der Waals surface area contributed by atoms with E-state index in [1.54, 1.807) is 0 Å². The first-order valence-corrected chi connectivity index (χ1v) is 5.38. The zero-order chi connectivity index (χ0) is 10.4. The molecule has 0 bridgehead atoms. The molecule has 1 atom stereocenters. The van der Waals surface area contributed by atoms with Crippen LogP contribution in [0.5, 0.6) is 0 Å². The predicted octanol–water partition coefficient (Wildman–Crippen LogP) is 3.53. The zero-order valence-corrected chi connectivity index (χ0v) is 9.42. The van der Waals surface area contributed by atoms with Crippen molar-refractivity contribution in [3.8, 4) is 0 Å². The highest BCUT2D eigenvalue weighted by molar-refractivity contribution is 5.23. The fraction of sp³-hybridized carbons (Fsp3) is 0.538. The lowest BCUT2D eigenvalue weighted by Crippen LogP contribution is -2.00. The number of rotatable bonds is 5. The number of hydrogen-bond donors (Lipinski definition) is 0. The molecular formula is C13H20O. The van der Waals surface area contributed by atoms with Gasteiger partial charge in [0, 0.05) is 13.2 Å². The molecule has 0 amide bonds. The van der Waals surface area contributed by atoms with Crippen LogP contribution in [0.25, 0.3) is 0 Å². The van der Waals surface area contributed by atoms with Gasteiger partial charge in [0.15, 0.2) is 0 Å². The van der Waals surface area contributed by atoms with Gasteiger partial charge in [-0.15, -0.1) is 0 Å². The van der Waals surface area contributed by atoms with E-state index < -0.39 is 0 Å². The summed E-state index contributed by atoms with van der Waals surface area (Å²) in [4.78, 5) is 0. The first-order valence-electron chi connectivity index (χ1n) is 5.38. The van der Waals surface area contributed by atoms with Gasteiger partial charge in [0.05, 0.1) is 0 Å². The zero-order valence-electron chi connectivity index (χ0n) is 9.42. The summed E-state index contributed by atoms with van der Waals surface area (Å²) in [5, 5.41) is 0. The molecule has 1 aromatic carbocycles. The summed E-state index contributed by atoms with van der Waals surface area (Å²) in [5.41, 5.74) is 2.74.